The van der Waals surface area contributed by atoms with Crippen molar-refractivity contribution < 1.29 is 9.15 Å². The maximum Gasteiger partial charge on any atom is 0.139 e. The maximum atomic E-state index is 7.40. The largest absolute Gasteiger partial charge is 0.493 e. The van der Waals surface area contributed by atoms with E-state index in [1.54, 1.807) is 0 Å². The third-order valence-corrected chi connectivity index (χ3v) is 13.6. The van der Waals surface area contributed by atoms with Crippen molar-refractivity contribution in [2.24, 2.45) is 16.8 Å². The number of benzene rings is 5. The van der Waals surface area contributed by atoms with Crippen molar-refractivity contribution in [1.29, 1.82) is 0 Å². The lowest BCUT2D eigenvalue weighted by atomic mass is 9.63. The number of hydrogen-bond acceptors (Lipinski definition) is 4. The number of allylic oxidation sites excluding steroid dienone is 4. The minimum Gasteiger partial charge on any atom is -0.493 e. The number of dihydropyridines is 1. The predicted octanol–water partition coefficient (Wildman–Crippen LogP) is 13.0. The van der Waals surface area contributed by atoms with Gasteiger partial charge in [0.2, 0.25) is 0 Å². The van der Waals surface area contributed by atoms with Gasteiger partial charge in [-0.15, -0.1) is 0 Å². The molecule has 6 atom stereocenters. The average molecular weight is 748 g/mol. The molecule has 0 radical (unpaired) electrons. The lowest BCUT2D eigenvalue weighted by Gasteiger charge is -2.50. The van der Waals surface area contributed by atoms with Gasteiger partial charge in [0.15, 0.2) is 0 Å². The van der Waals surface area contributed by atoms with Gasteiger partial charge in [-0.25, -0.2) is 0 Å². The second-order valence-corrected chi connectivity index (χ2v) is 16.6. The first-order valence-electron chi connectivity index (χ1n) is 21.2. The molecule has 5 heteroatoms. The second-order valence-electron chi connectivity index (χ2n) is 16.6. The fraction of sp³-hybridized carbons (Fsp3) is 0.288. The lowest BCUT2D eigenvalue weighted by Crippen LogP contribution is -2.55. The normalized spacial score (nSPS) is 24.3. The van der Waals surface area contributed by atoms with Gasteiger partial charge in [0.05, 0.1) is 11.0 Å². The van der Waals surface area contributed by atoms with Crippen LogP contribution in [0.4, 0.5) is 5.69 Å². The van der Waals surface area contributed by atoms with Gasteiger partial charge in [0.25, 0.3) is 0 Å². The van der Waals surface area contributed by atoms with Gasteiger partial charge in [0, 0.05) is 75.4 Å². The van der Waals surface area contributed by atoms with Gasteiger partial charge >= 0.3 is 0 Å². The molecular formula is C52H49N3O2. The van der Waals surface area contributed by atoms with E-state index in [4.69, 9.17) is 14.1 Å². The highest BCUT2D eigenvalue weighted by Gasteiger charge is 2.55. The number of fused-ring (bicyclic) bond motifs is 8. The summed E-state index contributed by atoms with van der Waals surface area (Å²) in [6.07, 6.45) is 15.1. The topological polar surface area (TPSA) is 42.9 Å². The van der Waals surface area contributed by atoms with Crippen molar-refractivity contribution in [3.8, 4) is 5.69 Å². The Labute approximate surface area is 334 Å². The standard InChI is InChI=1S/C52H49N3O2/c1-4-33-24-26-39-38-18-10-13-21-45(38)56-51(39)48(33)49-34(5-2)29-44(50-40-19-11-14-22-46(40)57-52(49)50)55(47-28-23-32(3)31-53-47)36-25-27-43-41(30-36)37-17-9-12-20-42(37)54(43)35-15-7-6-8-16-35/h6-13,15-21,23-27,30-31,34,44,47,49-50,52H,4-5,14,22,28-29H2,1-3H3. The van der Waals surface area contributed by atoms with Crippen LogP contribution in [0.5, 0.6) is 0 Å². The first-order chi connectivity index (χ1) is 28.1. The molecule has 0 N–H and O–H groups in total. The number of furan rings is 1. The molecule has 57 heavy (non-hydrogen) atoms. The summed E-state index contributed by atoms with van der Waals surface area (Å²) in [5, 5.41) is 4.94. The Bertz CT molecular complexity index is 2820. The van der Waals surface area contributed by atoms with Gasteiger partial charge in [-0.3, -0.25) is 4.99 Å². The van der Waals surface area contributed by atoms with Gasteiger partial charge in [-0.1, -0.05) is 105 Å². The molecule has 2 aliphatic carbocycles. The van der Waals surface area contributed by atoms with Gasteiger partial charge in [-0.05, 0) is 91.3 Å². The average Bonchev–Trinajstić information content (AvgIpc) is 3.94. The molecule has 5 nitrogen and oxygen atoms in total. The minimum atomic E-state index is -0.0180. The predicted molar refractivity (Wildman–Crippen MR) is 236 cm³/mol. The molecular weight excluding hydrogens is 699 g/mol. The number of ether oxygens (including phenoxy) is 1. The highest BCUT2D eigenvalue weighted by molar-refractivity contribution is 6.10. The van der Waals surface area contributed by atoms with E-state index < -0.39 is 0 Å². The Morgan fingerprint density at radius 2 is 1.61 bits per heavy atom. The van der Waals surface area contributed by atoms with E-state index >= 15 is 0 Å². The zero-order chi connectivity index (χ0) is 38.2. The van der Waals surface area contributed by atoms with Crippen LogP contribution in [0, 0.1) is 11.8 Å². The Kier molecular flexibility index (Phi) is 8.27. The maximum absolute atomic E-state index is 7.40. The fourth-order valence-electron chi connectivity index (χ4n) is 11.1. The summed E-state index contributed by atoms with van der Waals surface area (Å²) < 4.78 is 16.7. The number of aliphatic imine (C=N–C) groups is 1. The van der Waals surface area contributed by atoms with E-state index in [1.807, 2.05) is 0 Å². The fourth-order valence-corrected chi connectivity index (χ4v) is 11.1. The smallest absolute Gasteiger partial charge is 0.139 e. The zero-order valence-corrected chi connectivity index (χ0v) is 33.1. The summed E-state index contributed by atoms with van der Waals surface area (Å²) in [5.74, 6) is 1.94. The van der Waals surface area contributed by atoms with Crippen LogP contribution in [0.3, 0.4) is 0 Å². The number of nitrogens with zero attached hydrogens (tertiary/aromatic N) is 3. The summed E-state index contributed by atoms with van der Waals surface area (Å²) in [6, 6.07) is 40.2. The van der Waals surface area contributed by atoms with E-state index in [9.17, 15) is 0 Å². The van der Waals surface area contributed by atoms with Crippen LogP contribution in [0.1, 0.15) is 69.9 Å². The molecule has 4 aliphatic rings. The number of aromatic nitrogens is 1. The van der Waals surface area contributed by atoms with Crippen LogP contribution in [-0.2, 0) is 11.2 Å². The monoisotopic (exact) mass is 747 g/mol. The van der Waals surface area contributed by atoms with Crippen LogP contribution < -0.4 is 4.90 Å². The van der Waals surface area contributed by atoms with Crippen molar-refractivity contribution in [2.75, 3.05) is 4.90 Å². The van der Waals surface area contributed by atoms with E-state index in [1.165, 1.54) is 72.0 Å². The zero-order valence-electron chi connectivity index (χ0n) is 33.1. The number of hydrogen-bond donors (Lipinski definition) is 0. The summed E-state index contributed by atoms with van der Waals surface area (Å²) in [6.45, 7) is 6.85. The molecule has 0 saturated heterocycles. The third kappa shape index (κ3) is 5.38. The van der Waals surface area contributed by atoms with Crippen molar-refractivity contribution in [2.45, 2.75) is 83.5 Å². The van der Waals surface area contributed by atoms with Crippen molar-refractivity contribution >= 4 is 55.6 Å². The molecule has 0 bridgehead atoms. The summed E-state index contributed by atoms with van der Waals surface area (Å²) in [4.78, 5) is 8.05. The Hall–Kier alpha value is -5.81. The molecule has 0 amide bonds. The van der Waals surface area contributed by atoms with Gasteiger partial charge < -0.3 is 18.6 Å². The van der Waals surface area contributed by atoms with Crippen LogP contribution in [0.15, 0.2) is 154 Å². The van der Waals surface area contributed by atoms with E-state index in [0.717, 1.165) is 49.7 Å². The summed E-state index contributed by atoms with van der Waals surface area (Å²) in [5.41, 5.74) is 12.2. The quantitative estimate of drug-likeness (QED) is 0.163. The third-order valence-electron chi connectivity index (χ3n) is 13.6. The molecule has 2 aromatic heterocycles. The van der Waals surface area contributed by atoms with Crippen molar-refractivity contribution in [3.63, 3.8) is 0 Å². The Balaban J connectivity index is 1.10. The summed E-state index contributed by atoms with van der Waals surface area (Å²) in [7, 11) is 0. The highest BCUT2D eigenvalue weighted by atomic mass is 16.5. The number of para-hydroxylation sites is 3. The van der Waals surface area contributed by atoms with E-state index in [-0.39, 0.29) is 30.1 Å². The Morgan fingerprint density at radius 3 is 2.44 bits per heavy atom. The molecule has 0 spiro atoms. The second kappa shape index (κ2) is 13.7. The molecule has 5 aromatic carbocycles. The molecule has 1 fully saturated rings. The van der Waals surface area contributed by atoms with Crippen molar-refractivity contribution in [3.05, 3.63) is 155 Å². The highest BCUT2D eigenvalue weighted by Crippen LogP contribution is 2.56. The van der Waals surface area contributed by atoms with Crippen LogP contribution in [-0.4, -0.2) is 29.1 Å². The first-order valence-corrected chi connectivity index (χ1v) is 21.2. The molecule has 1 saturated carbocycles. The molecule has 2 aliphatic heterocycles. The first kappa shape index (κ1) is 34.4. The Morgan fingerprint density at radius 1 is 0.807 bits per heavy atom. The molecule has 7 aromatic rings. The SMILES string of the molecule is CCc1ccc2c(oc3ccccc32)c1C1C(CC)CC(N(c2ccc3c(c2)c2ccccc2n3-c2ccccc2)C2CC=C(C)C=N2)C2C3=C(CCC=C3)OC21. The molecule has 6 unspecified atom stereocenters. The van der Waals surface area contributed by atoms with Gasteiger partial charge in [0.1, 0.15) is 29.2 Å². The number of rotatable bonds is 7. The minimum absolute atomic E-state index is 0.0124. The number of aryl methyl sites for hydroxylation is 1. The van der Waals surface area contributed by atoms with E-state index in [2.05, 4.69) is 164 Å². The molecule has 4 heterocycles. The van der Waals surface area contributed by atoms with Crippen molar-refractivity contribution in [1.82, 2.24) is 4.57 Å². The van der Waals surface area contributed by atoms with Crippen LogP contribution in [0.2, 0.25) is 0 Å². The molecule has 11 rings (SSSR count). The van der Waals surface area contributed by atoms with Gasteiger partial charge in [-0.2, -0.15) is 0 Å². The summed E-state index contributed by atoms with van der Waals surface area (Å²) >= 11 is 0. The lowest BCUT2D eigenvalue weighted by molar-refractivity contribution is 0.0195. The van der Waals surface area contributed by atoms with Crippen LogP contribution >= 0.6 is 0 Å². The van der Waals surface area contributed by atoms with E-state index in [0.29, 0.717) is 5.92 Å². The molecule has 284 valence electrons. The number of anilines is 1. The van der Waals surface area contributed by atoms with Crippen LogP contribution in [0.25, 0.3) is 49.4 Å².